The molecule has 3 N–H and O–H groups in total. The maximum Gasteiger partial charge on any atom is 0.472 e. The normalized spacial score (nSPS) is 14.6. The number of carbonyl (C=O) groups excluding carboxylic acids is 4. The summed E-state index contributed by atoms with van der Waals surface area (Å²) in [4.78, 5) is 73.0. The molecule has 17 nitrogen and oxygen atoms in total. The Morgan fingerprint density at radius 1 is 0.279 bits per heavy atom. The van der Waals surface area contributed by atoms with Gasteiger partial charge in [-0.25, -0.2) is 9.13 Å². The van der Waals surface area contributed by atoms with E-state index < -0.39 is 97.5 Å². The zero-order valence-corrected chi connectivity index (χ0v) is 66.9. The molecular formula is C85H144O17P2. The van der Waals surface area contributed by atoms with E-state index in [1.54, 1.807) is 0 Å². The molecule has 5 unspecified atom stereocenters. The van der Waals surface area contributed by atoms with Crippen LogP contribution in [0.25, 0.3) is 0 Å². The Hall–Kier alpha value is -4.80. The van der Waals surface area contributed by atoms with E-state index >= 15 is 0 Å². The number of unbranched alkanes of at least 4 members (excludes halogenated alkanes) is 27. The summed E-state index contributed by atoms with van der Waals surface area (Å²) < 4.78 is 68.6. The number of phosphoric acid groups is 2. The van der Waals surface area contributed by atoms with E-state index in [1.807, 2.05) is 0 Å². The number of carbonyl (C=O) groups is 4. The van der Waals surface area contributed by atoms with Gasteiger partial charge in [-0.15, -0.1) is 0 Å². The van der Waals surface area contributed by atoms with Gasteiger partial charge in [0.2, 0.25) is 0 Å². The smallest absolute Gasteiger partial charge is 0.462 e. The molecule has 0 amide bonds. The number of allylic oxidation sites excluding steroid dienone is 22. The fraction of sp³-hybridized carbons (Fsp3) is 0.694. The summed E-state index contributed by atoms with van der Waals surface area (Å²) in [5.41, 5.74) is 0. The van der Waals surface area contributed by atoms with Crippen LogP contribution >= 0.6 is 15.6 Å². The second-order valence-corrected chi connectivity index (χ2v) is 29.5. The summed E-state index contributed by atoms with van der Waals surface area (Å²) in [7, 11) is -9.98. The molecule has 5 atom stereocenters. The topological polar surface area (TPSA) is 237 Å². The largest absolute Gasteiger partial charge is 0.472 e. The summed E-state index contributed by atoms with van der Waals surface area (Å²) >= 11 is 0. The Bertz CT molecular complexity index is 2490. The summed E-state index contributed by atoms with van der Waals surface area (Å²) in [5.74, 6) is -2.25. The molecule has 0 aromatic rings. The van der Waals surface area contributed by atoms with Gasteiger partial charge in [-0.1, -0.05) is 296 Å². The molecule has 0 saturated carbocycles. The highest BCUT2D eigenvalue weighted by atomic mass is 31.2. The fourth-order valence-corrected chi connectivity index (χ4v) is 12.1. The van der Waals surface area contributed by atoms with Crippen molar-refractivity contribution in [3.63, 3.8) is 0 Å². The van der Waals surface area contributed by atoms with Gasteiger partial charge < -0.3 is 33.8 Å². The second-order valence-electron chi connectivity index (χ2n) is 26.6. The molecule has 0 rings (SSSR count). The molecule has 19 heteroatoms. The van der Waals surface area contributed by atoms with Gasteiger partial charge in [0.1, 0.15) is 19.3 Å². The Morgan fingerprint density at radius 3 is 0.817 bits per heavy atom. The minimum Gasteiger partial charge on any atom is -0.462 e. The summed E-state index contributed by atoms with van der Waals surface area (Å²) in [6.07, 6.45) is 85.8. The first kappa shape index (κ1) is 99.2. The molecule has 0 saturated heterocycles. The van der Waals surface area contributed by atoms with Crippen molar-refractivity contribution in [1.82, 2.24) is 0 Å². The van der Waals surface area contributed by atoms with E-state index in [9.17, 15) is 43.2 Å². The number of aliphatic hydroxyl groups is 1. The molecule has 0 aliphatic carbocycles. The van der Waals surface area contributed by atoms with E-state index in [1.165, 1.54) is 77.0 Å². The predicted molar refractivity (Wildman–Crippen MR) is 427 cm³/mol. The fourth-order valence-electron chi connectivity index (χ4n) is 10.5. The molecular weight excluding hydrogens is 1350 g/mol. The van der Waals surface area contributed by atoms with Crippen LogP contribution < -0.4 is 0 Å². The number of rotatable bonds is 75. The molecule has 0 aliphatic heterocycles. The lowest BCUT2D eigenvalue weighted by Gasteiger charge is -2.21. The number of hydrogen-bond donors (Lipinski definition) is 3. The third kappa shape index (κ3) is 75.4. The first-order valence-corrected chi connectivity index (χ1v) is 43.4. The molecule has 0 aliphatic rings. The highest BCUT2D eigenvalue weighted by Gasteiger charge is 2.30. The quantitative estimate of drug-likeness (QED) is 0.0169. The Kier molecular flexibility index (Phi) is 72.9. The van der Waals surface area contributed by atoms with Crippen LogP contribution in [-0.2, 0) is 65.4 Å². The van der Waals surface area contributed by atoms with Gasteiger partial charge in [-0.3, -0.25) is 37.3 Å². The van der Waals surface area contributed by atoms with Crippen LogP contribution in [0.5, 0.6) is 0 Å². The average Bonchev–Trinajstić information content (AvgIpc) is 0.931. The molecule has 104 heavy (non-hydrogen) atoms. The minimum absolute atomic E-state index is 0.0737. The highest BCUT2D eigenvalue weighted by Crippen LogP contribution is 2.45. The zero-order valence-electron chi connectivity index (χ0n) is 65.2. The third-order valence-electron chi connectivity index (χ3n) is 16.6. The van der Waals surface area contributed by atoms with E-state index in [2.05, 4.69) is 161 Å². The van der Waals surface area contributed by atoms with Crippen molar-refractivity contribution in [2.45, 2.75) is 341 Å². The lowest BCUT2D eigenvalue weighted by atomic mass is 10.0. The van der Waals surface area contributed by atoms with Gasteiger partial charge in [-0.05, 0) is 135 Å². The molecule has 0 heterocycles. The van der Waals surface area contributed by atoms with E-state index in [4.69, 9.17) is 37.0 Å². The molecule has 0 radical (unpaired) electrons. The van der Waals surface area contributed by atoms with Gasteiger partial charge in [0.25, 0.3) is 0 Å². The van der Waals surface area contributed by atoms with Crippen LogP contribution in [-0.4, -0.2) is 96.7 Å². The van der Waals surface area contributed by atoms with Crippen molar-refractivity contribution in [2.24, 2.45) is 0 Å². The second kappa shape index (κ2) is 76.4. The lowest BCUT2D eigenvalue weighted by molar-refractivity contribution is -0.161. The molecule has 0 bridgehead atoms. The van der Waals surface area contributed by atoms with Crippen LogP contribution in [0.15, 0.2) is 134 Å². The van der Waals surface area contributed by atoms with Crippen LogP contribution in [0.3, 0.4) is 0 Å². The van der Waals surface area contributed by atoms with E-state index in [0.717, 1.165) is 167 Å². The molecule has 0 aromatic heterocycles. The Labute approximate surface area is 631 Å². The first-order chi connectivity index (χ1) is 50.7. The summed E-state index contributed by atoms with van der Waals surface area (Å²) in [6, 6.07) is 0. The maximum atomic E-state index is 13.1. The van der Waals surface area contributed by atoms with Crippen molar-refractivity contribution >= 4 is 39.5 Å². The Morgan fingerprint density at radius 2 is 0.510 bits per heavy atom. The highest BCUT2D eigenvalue weighted by molar-refractivity contribution is 7.47. The van der Waals surface area contributed by atoms with Gasteiger partial charge in [0.15, 0.2) is 12.2 Å². The predicted octanol–water partition coefficient (Wildman–Crippen LogP) is 23.7. The van der Waals surface area contributed by atoms with Crippen molar-refractivity contribution in [2.75, 3.05) is 39.6 Å². The molecule has 0 aromatic carbocycles. The van der Waals surface area contributed by atoms with Gasteiger partial charge in [0, 0.05) is 25.7 Å². The number of esters is 4. The summed E-state index contributed by atoms with van der Waals surface area (Å²) in [5, 5.41) is 10.6. The van der Waals surface area contributed by atoms with Crippen LogP contribution in [0, 0.1) is 0 Å². The van der Waals surface area contributed by atoms with Crippen LogP contribution in [0.4, 0.5) is 0 Å². The first-order valence-electron chi connectivity index (χ1n) is 40.4. The number of phosphoric ester groups is 2. The van der Waals surface area contributed by atoms with Crippen molar-refractivity contribution < 1.29 is 80.2 Å². The third-order valence-corrected chi connectivity index (χ3v) is 18.5. The van der Waals surface area contributed by atoms with Crippen molar-refractivity contribution in [3.8, 4) is 0 Å². The zero-order chi connectivity index (χ0) is 76.0. The van der Waals surface area contributed by atoms with Gasteiger partial charge >= 0.3 is 39.5 Å². The number of aliphatic hydroxyl groups excluding tert-OH is 1. The SMILES string of the molecule is CC/C=C\C/C=C\C/C=C\C/C=C\C/C=C\CCCCCC(=O)OCC(COP(=O)(O)OCC(O)COP(=O)(O)OCC(COC(=O)CCCCC/C=C\C/C=C\C/C=C\C/C=C\C/C=C\CC)OC(=O)CCCCCCCCCCCCCCCCC)OC(=O)CCCCCCC/C=C\CCCC. The van der Waals surface area contributed by atoms with Gasteiger partial charge in [-0.2, -0.15) is 0 Å². The molecule has 0 fully saturated rings. The van der Waals surface area contributed by atoms with Crippen molar-refractivity contribution in [1.29, 1.82) is 0 Å². The van der Waals surface area contributed by atoms with E-state index in [-0.39, 0.29) is 25.7 Å². The Balaban J connectivity index is 5.38. The standard InChI is InChI=1S/C85H144O17P2/c1-5-9-13-17-21-25-29-32-35-37-39-41-44-46-50-53-57-61-65-69-82(87)95-75-80(101-84(89)71-67-63-59-55-49-28-24-20-16-12-8-4)77-99-103(91,92)97-73-79(86)74-98-104(93,94)100-78-81(102-85(90)72-68-64-60-56-52-48-43-34-31-27-23-19-15-11-7-3)76-96-83(88)70-66-62-58-54-51-47-45-42-40-38-36-33-30-26-22-18-14-10-6-2/h9-10,13-14,20-22,24-26,32-33,35-36,39-42,46-47,50-51,79-81,86H,5-8,11-12,15-19,23,27-31,34,37-38,43-45,48-49,52-78H2,1-4H3,(H,91,92)(H,93,94)/b13-9-,14-10-,24-20-,25-21-,26-22-,35-32-,36-33-,41-39-,42-40-,50-46-,51-47-. The number of hydrogen-bond acceptors (Lipinski definition) is 15. The van der Waals surface area contributed by atoms with Gasteiger partial charge in [0.05, 0.1) is 26.4 Å². The average molecular weight is 1500 g/mol. The van der Waals surface area contributed by atoms with E-state index in [0.29, 0.717) is 25.7 Å². The van der Waals surface area contributed by atoms with Crippen LogP contribution in [0.1, 0.15) is 323 Å². The lowest BCUT2D eigenvalue weighted by Crippen LogP contribution is -2.30. The monoisotopic (exact) mass is 1500 g/mol. The maximum absolute atomic E-state index is 13.1. The summed E-state index contributed by atoms with van der Waals surface area (Å²) in [6.45, 7) is 4.55. The minimum atomic E-state index is -4.99. The number of ether oxygens (including phenoxy) is 4. The molecule has 596 valence electrons. The van der Waals surface area contributed by atoms with Crippen LogP contribution in [0.2, 0.25) is 0 Å². The van der Waals surface area contributed by atoms with Crippen molar-refractivity contribution in [3.05, 3.63) is 134 Å². The molecule has 0 spiro atoms.